The maximum atomic E-state index is 13.2. The maximum Gasteiger partial charge on any atom is 0.335 e. The minimum atomic E-state index is -0.863. The van der Waals surface area contributed by atoms with E-state index >= 15 is 0 Å². The average molecular weight is 662 g/mol. The summed E-state index contributed by atoms with van der Waals surface area (Å²) in [6.07, 6.45) is 1.35. The minimum Gasteiger partial charge on any atom is -0.497 e. The molecule has 1 aliphatic heterocycles. The van der Waals surface area contributed by atoms with E-state index in [-0.39, 0.29) is 23.6 Å². The van der Waals surface area contributed by atoms with Gasteiger partial charge in [-0.25, -0.2) is 9.69 Å². The van der Waals surface area contributed by atoms with Crippen LogP contribution in [-0.4, -0.2) is 44.6 Å². The van der Waals surface area contributed by atoms with Gasteiger partial charge in [-0.2, -0.15) is 0 Å². The van der Waals surface area contributed by atoms with E-state index in [1.54, 1.807) is 48.5 Å². The first-order chi connectivity index (χ1) is 18.7. The number of barbiturate groups is 1. The lowest BCUT2D eigenvalue weighted by atomic mass is 10.1. The zero-order valence-electron chi connectivity index (χ0n) is 20.6. The van der Waals surface area contributed by atoms with E-state index < -0.39 is 23.8 Å². The van der Waals surface area contributed by atoms with Crippen LogP contribution in [0.5, 0.6) is 17.2 Å². The van der Waals surface area contributed by atoms with Gasteiger partial charge >= 0.3 is 6.03 Å². The minimum absolute atomic E-state index is 0.254. The Hall–Kier alpha value is -4.10. The van der Waals surface area contributed by atoms with Gasteiger partial charge in [0, 0.05) is 0 Å². The SMILES string of the molecule is COc1ccc(N2C(=O)NC(=O)/C(=C\c3cc(I)c(OCC(=O)Nc4ccccc4Cl)c(OC)c3)C2=O)cc1. The van der Waals surface area contributed by atoms with Crippen LogP contribution in [0.15, 0.2) is 66.2 Å². The normalized spacial score (nSPS) is 14.2. The second-order valence-corrected chi connectivity index (χ2v) is 9.58. The van der Waals surface area contributed by atoms with Crippen molar-refractivity contribution in [1.82, 2.24) is 5.32 Å². The van der Waals surface area contributed by atoms with Crippen molar-refractivity contribution in [3.8, 4) is 17.2 Å². The number of hydrogen-bond donors (Lipinski definition) is 2. The summed E-state index contributed by atoms with van der Waals surface area (Å²) < 4.78 is 16.8. The third-order valence-electron chi connectivity index (χ3n) is 5.49. The number of ether oxygens (including phenoxy) is 3. The fraction of sp³-hybridized carbons (Fsp3) is 0.111. The number of methoxy groups -OCH3 is 2. The van der Waals surface area contributed by atoms with Gasteiger partial charge < -0.3 is 19.5 Å². The van der Waals surface area contributed by atoms with Crippen molar-refractivity contribution >= 4 is 75.4 Å². The van der Waals surface area contributed by atoms with E-state index in [4.69, 9.17) is 25.8 Å². The zero-order chi connectivity index (χ0) is 28.1. The first kappa shape index (κ1) is 27.9. The Balaban J connectivity index is 1.56. The van der Waals surface area contributed by atoms with Crippen LogP contribution in [0.1, 0.15) is 5.56 Å². The van der Waals surface area contributed by atoms with Gasteiger partial charge in [0.05, 0.1) is 34.2 Å². The third-order valence-corrected chi connectivity index (χ3v) is 6.62. The van der Waals surface area contributed by atoms with Crippen LogP contribution in [0, 0.1) is 3.57 Å². The van der Waals surface area contributed by atoms with Crippen molar-refractivity contribution in [2.24, 2.45) is 0 Å². The Morgan fingerprint density at radius 2 is 1.77 bits per heavy atom. The van der Waals surface area contributed by atoms with Crippen molar-refractivity contribution in [2.75, 3.05) is 31.0 Å². The van der Waals surface area contributed by atoms with Crippen LogP contribution in [0.2, 0.25) is 5.02 Å². The highest BCUT2D eigenvalue weighted by Crippen LogP contribution is 2.35. The molecule has 0 saturated carbocycles. The third kappa shape index (κ3) is 6.32. The molecular weight excluding hydrogens is 641 g/mol. The van der Waals surface area contributed by atoms with Crippen LogP contribution < -0.4 is 29.7 Å². The predicted octanol–water partition coefficient (Wildman–Crippen LogP) is 4.65. The Morgan fingerprint density at radius 3 is 2.44 bits per heavy atom. The number of nitrogens with one attached hydrogen (secondary N) is 2. The summed E-state index contributed by atoms with van der Waals surface area (Å²) in [5.74, 6) is -0.949. The molecule has 1 saturated heterocycles. The number of amides is 5. The van der Waals surface area contributed by atoms with Crippen LogP contribution in [-0.2, 0) is 14.4 Å². The summed E-state index contributed by atoms with van der Waals surface area (Å²) in [5.41, 5.74) is 0.902. The van der Waals surface area contributed by atoms with Crippen LogP contribution in [0.25, 0.3) is 6.08 Å². The van der Waals surface area contributed by atoms with E-state index in [0.717, 1.165) is 4.90 Å². The summed E-state index contributed by atoms with van der Waals surface area (Å²) in [7, 11) is 2.91. The summed E-state index contributed by atoms with van der Waals surface area (Å²) >= 11 is 8.07. The van der Waals surface area contributed by atoms with E-state index in [2.05, 4.69) is 10.6 Å². The molecule has 3 aromatic carbocycles. The average Bonchev–Trinajstić information content (AvgIpc) is 2.91. The standard InChI is InChI=1S/C27H21ClIN3O7/c1-37-17-9-7-16(8-10-17)32-26(35)18(25(34)31-27(32)36)11-15-12-20(29)24(22(13-15)38-2)39-14-23(33)30-21-6-4-3-5-19(21)28/h3-13H,14H2,1-2H3,(H,30,33)(H,31,34,36)/b18-11+. The summed E-state index contributed by atoms with van der Waals surface area (Å²) in [5, 5.41) is 5.25. The molecule has 10 nitrogen and oxygen atoms in total. The van der Waals surface area contributed by atoms with Gasteiger partial charge in [0.2, 0.25) is 0 Å². The summed E-state index contributed by atoms with van der Waals surface area (Å²) in [4.78, 5) is 51.5. The number of rotatable bonds is 8. The van der Waals surface area contributed by atoms with E-state index in [0.29, 0.717) is 31.3 Å². The molecule has 0 aliphatic carbocycles. The van der Waals surface area contributed by atoms with Gasteiger partial charge in [0.1, 0.15) is 11.3 Å². The largest absolute Gasteiger partial charge is 0.497 e. The van der Waals surface area contributed by atoms with Gasteiger partial charge in [0.15, 0.2) is 18.1 Å². The quantitative estimate of drug-likeness (QED) is 0.205. The lowest BCUT2D eigenvalue weighted by Gasteiger charge is -2.26. The number of anilines is 2. The zero-order valence-corrected chi connectivity index (χ0v) is 23.5. The Kier molecular flexibility index (Phi) is 8.72. The van der Waals surface area contributed by atoms with Gasteiger partial charge in [-0.15, -0.1) is 0 Å². The number of nitrogens with zero attached hydrogens (tertiary/aromatic N) is 1. The fourth-order valence-electron chi connectivity index (χ4n) is 3.64. The number of para-hydroxylation sites is 1. The van der Waals surface area contributed by atoms with Crippen molar-refractivity contribution in [3.63, 3.8) is 0 Å². The molecule has 0 atom stereocenters. The molecule has 0 unspecified atom stereocenters. The number of benzene rings is 3. The summed E-state index contributed by atoms with van der Waals surface area (Å²) in [6.45, 7) is -0.322. The number of imide groups is 2. The molecule has 1 aliphatic rings. The van der Waals surface area contributed by atoms with Crippen molar-refractivity contribution < 1.29 is 33.4 Å². The molecule has 5 amide bonds. The van der Waals surface area contributed by atoms with Crippen molar-refractivity contribution in [1.29, 1.82) is 0 Å². The summed E-state index contributed by atoms with van der Waals surface area (Å²) in [6, 6.07) is 15.4. The molecular formula is C27H21ClIN3O7. The highest BCUT2D eigenvalue weighted by Gasteiger charge is 2.37. The van der Waals surface area contributed by atoms with Crippen LogP contribution >= 0.6 is 34.2 Å². The molecule has 0 radical (unpaired) electrons. The molecule has 0 spiro atoms. The molecule has 0 aromatic heterocycles. The maximum absolute atomic E-state index is 13.2. The number of carbonyl (C=O) groups excluding carboxylic acids is 4. The van der Waals surface area contributed by atoms with Crippen LogP contribution in [0.4, 0.5) is 16.2 Å². The van der Waals surface area contributed by atoms with Crippen LogP contribution in [0.3, 0.4) is 0 Å². The van der Waals surface area contributed by atoms with Crippen molar-refractivity contribution in [2.45, 2.75) is 0 Å². The molecule has 2 N–H and O–H groups in total. The monoisotopic (exact) mass is 661 g/mol. The fourth-order valence-corrected chi connectivity index (χ4v) is 4.60. The van der Waals surface area contributed by atoms with E-state index in [1.165, 1.54) is 32.4 Å². The molecule has 39 heavy (non-hydrogen) atoms. The molecule has 1 fully saturated rings. The van der Waals surface area contributed by atoms with Crippen molar-refractivity contribution in [3.05, 3.63) is 80.4 Å². The number of halogens is 2. The molecule has 200 valence electrons. The topological polar surface area (TPSA) is 123 Å². The number of carbonyl (C=O) groups is 4. The second-order valence-electron chi connectivity index (χ2n) is 8.01. The van der Waals surface area contributed by atoms with E-state index in [9.17, 15) is 19.2 Å². The second kappa shape index (κ2) is 12.2. The van der Waals surface area contributed by atoms with Gasteiger partial charge in [-0.3, -0.25) is 19.7 Å². The Bertz CT molecular complexity index is 1490. The Morgan fingerprint density at radius 1 is 1.05 bits per heavy atom. The predicted molar refractivity (Wildman–Crippen MR) is 153 cm³/mol. The number of urea groups is 1. The smallest absolute Gasteiger partial charge is 0.335 e. The molecule has 1 heterocycles. The lowest BCUT2D eigenvalue weighted by molar-refractivity contribution is -0.122. The first-order valence-corrected chi connectivity index (χ1v) is 12.8. The first-order valence-electron chi connectivity index (χ1n) is 11.3. The number of hydrogen-bond acceptors (Lipinski definition) is 7. The molecule has 3 aromatic rings. The Labute approximate surface area is 242 Å². The molecule has 4 rings (SSSR count). The van der Waals surface area contributed by atoms with Gasteiger partial charge in [-0.1, -0.05) is 23.7 Å². The van der Waals surface area contributed by atoms with E-state index in [1.807, 2.05) is 22.6 Å². The van der Waals surface area contributed by atoms with Gasteiger partial charge in [-0.05, 0) is 82.8 Å². The lowest BCUT2D eigenvalue weighted by Crippen LogP contribution is -2.54. The molecule has 12 heteroatoms. The molecule has 0 bridgehead atoms. The highest BCUT2D eigenvalue weighted by molar-refractivity contribution is 14.1. The van der Waals surface area contributed by atoms with Gasteiger partial charge in [0.25, 0.3) is 17.7 Å². The highest BCUT2D eigenvalue weighted by atomic mass is 127.